The minimum absolute atomic E-state index is 0.282. The molecular formula is C12H18ClNO2. The van der Waals surface area contributed by atoms with Gasteiger partial charge in [-0.1, -0.05) is 11.6 Å². The van der Waals surface area contributed by atoms with E-state index in [1.54, 1.807) is 6.07 Å². The van der Waals surface area contributed by atoms with Crippen molar-refractivity contribution < 1.29 is 9.84 Å². The summed E-state index contributed by atoms with van der Waals surface area (Å²) in [7, 11) is 0. The van der Waals surface area contributed by atoms with Crippen molar-refractivity contribution in [2.24, 2.45) is 5.73 Å². The summed E-state index contributed by atoms with van der Waals surface area (Å²) in [6.07, 6.45) is 0.874. The molecule has 3 N–H and O–H groups in total. The van der Waals surface area contributed by atoms with Crippen LogP contribution >= 0.6 is 11.6 Å². The van der Waals surface area contributed by atoms with Gasteiger partial charge in [0.2, 0.25) is 0 Å². The third kappa shape index (κ3) is 4.00. The predicted molar refractivity (Wildman–Crippen MR) is 66.0 cm³/mol. The SMILES string of the molecule is CCOc1ccc(Cl)cc1CCC(O)CN. The molecule has 0 spiro atoms. The second-order valence-electron chi connectivity index (χ2n) is 3.61. The number of benzene rings is 1. The fourth-order valence-electron chi connectivity index (χ4n) is 1.48. The average molecular weight is 244 g/mol. The van der Waals surface area contributed by atoms with Gasteiger partial charge < -0.3 is 15.6 Å². The van der Waals surface area contributed by atoms with Gasteiger partial charge in [-0.25, -0.2) is 0 Å². The highest BCUT2D eigenvalue weighted by molar-refractivity contribution is 6.30. The molecule has 90 valence electrons. The molecule has 0 aliphatic rings. The molecule has 0 amide bonds. The van der Waals surface area contributed by atoms with Crippen LogP contribution in [0.5, 0.6) is 5.75 Å². The maximum absolute atomic E-state index is 9.41. The number of rotatable bonds is 6. The van der Waals surface area contributed by atoms with Crippen molar-refractivity contribution in [3.8, 4) is 5.75 Å². The van der Waals surface area contributed by atoms with Gasteiger partial charge in [-0.05, 0) is 43.5 Å². The van der Waals surface area contributed by atoms with Gasteiger partial charge >= 0.3 is 0 Å². The largest absolute Gasteiger partial charge is 0.494 e. The minimum Gasteiger partial charge on any atom is -0.494 e. The minimum atomic E-state index is -0.464. The number of ether oxygens (including phenoxy) is 1. The number of hydrogen-bond acceptors (Lipinski definition) is 3. The highest BCUT2D eigenvalue weighted by Gasteiger charge is 2.07. The summed E-state index contributed by atoms with van der Waals surface area (Å²) in [6.45, 7) is 2.84. The second-order valence-corrected chi connectivity index (χ2v) is 4.05. The van der Waals surface area contributed by atoms with Crippen LogP contribution in [0.3, 0.4) is 0 Å². The predicted octanol–water partition coefficient (Wildman–Crippen LogP) is 1.99. The Balaban J connectivity index is 2.71. The number of nitrogens with two attached hydrogens (primary N) is 1. The molecule has 0 saturated heterocycles. The maximum Gasteiger partial charge on any atom is 0.122 e. The second kappa shape index (κ2) is 6.74. The Hall–Kier alpha value is -0.770. The van der Waals surface area contributed by atoms with Crippen LogP contribution in [0.1, 0.15) is 18.9 Å². The van der Waals surface area contributed by atoms with E-state index < -0.39 is 6.10 Å². The summed E-state index contributed by atoms with van der Waals surface area (Å²) < 4.78 is 5.49. The number of aliphatic hydroxyl groups excluding tert-OH is 1. The van der Waals surface area contributed by atoms with Crippen molar-refractivity contribution in [2.75, 3.05) is 13.2 Å². The Kier molecular flexibility index (Phi) is 5.60. The van der Waals surface area contributed by atoms with Crippen molar-refractivity contribution in [3.63, 3.8) is 0 Å². The summed E-state index contributed by atoms with van der Waals surface area (Å²) in [6, 6.07) is 5.53. The van der Waals surface area contributed by atoms with E-state index in [0.717, 1.165) is 11.3 Å². The molecule has 0 radical (unpaired) electrons. The summed E-state index contributed by atoms with van der Waals surface area (Å²) in [5.41, 5.74) is 6.37. The Morgan fingerprint density at radius 3 is 2.88 bits per heavy atom. The fraction of sp³-hybridized carbons (Fsp3) is 0.500. The first-order valence-corrected chi connectivity index (χ1v) is 5.84. The van der Waals surface area contributed by atoms with Crippen LogP contribution in [-0.4, -0.2) is 24.4 Å². The van der Waals surface area contributed by atoms with E-state index in [9.17, 15) is 5.11 Å². The monoisotopic (exact) mass is 243 g/mol. The topological polar surface area (TPSA) is 55.5 Å². The van der Waals surface area contributed by atoms with Crippen LogP contribution in [0.2, 0.25) is 5.02 Å². The number of hydrogen-bond donors (Lipinski definition) is 2. The lowest BCUT2D eigenvalue weighted by molar-refractivity contribution is 0.172. The van der Waals surface area contributed by atoms with Gasteiger partial charge in [-0.15, -0.1) is 0 Å². The molecule has 0 aromatic heterocycles. The standard InChI is InChI=1S/C12H18ClNO2/c1-2-16-12-6-4-10(13)7-9(12)3-5-11(15)8-14/h4,6-7,11,15H,2-3,5,8,14H2,1H3. The normalized spacial score (nSPS) is 12.5. The van der Waals surface area contributed by atoms with E-state index in [0.29, 0.717) is 24.5 Å². The van der Waals surface area contributed by atoms with Gasteiger partial charge in [0.25, 0.3) is 0 Å². The van der Waals surface area contributed by atoms with Crippen molar-refractivity contribution in [1.29, 1.82) is 0 Å². The number of halogens is 1. The zero-order chi connectivity index (χ0) is 12.0. The van der Waals surface area contributed by atoms with Crippen LogP contribution < -0.4 is 10.5 Å². The summed E-state index contributed by atoms with van der Waals surface area (Å²) in [4.78, 5) is 0. The van der Waals surface area contributed by atoms with Crippen LogP contribution in [-0.2, 0) is 6.42 Å². The van der Waals surface area contributed by atoms with E-state index in [4.69, 9.17) is 22.1 Å². The van der Waals surface area contributed by atoms with E-state index in [-0.39, 0.29) is 6.54 Å². The lowest BCUT2D eigenvalue weighted by Gasteiger charge is -2.12. The molecule has 1 rings (SSSR count). The smallest absolute Gasteiger partial charge is 0.122 e. The average Bonchev–Trinajstić information content (AvgIpc) is 2.29. The zero-order valence-electron chi connectivity index (χ0n) is 9.45. The maximum atomic E-state index is 9.41. The first kappa shape index (κ1) is 13.3. The quantitative estimate of drug-likeness (QED) is 0.804. The van der Waals surface area contributed by atoms with Crippen LogP contribution in [0.4, 0.5) is 0 Å². The number of aryl methyl sites for hydroxylation is 1. The Labute approximate surface area is 101 Å². The molecule has 0 saturated carbocycles. The third-order valence-corrected chi connectivity index (χ3v) is 2.58. The number of aliphatic hydroxyl groups is 1. The first-order valence-electron chi connectivity index (χ1n) is 5.46. The van der Waals surface area contributed by atoms with Gasteiger partial charge in [0.1, 0.15) is 5.75 Å². The van der Waals surface area contributed by atoms with E-state index >= 15 is 0 Å². The van der Waals surface area contributed by atoms with E-state index in [1.807, 2.05) is 19.1 Å². The fourth-order valence-corrected chi connectivity index (χ4v) is 1.67. The van der Waals surface area contributed by atoms with Crippen molar-refractivity contribution in [3.05, 3.63) is 28.8 Å². The van der Waals surface area contributed by atoms with Gasteiger partial charge in [-0.2, -0.15) is 0 Å². The van der Waals surface area contributed by atoms with Gasteiger partial charge in [0, 0.05) is 11.6 Å². The molecular weight excluding hydrogens is 226 g/mol. The van der Waals surface area contributed by atoms with Gasteiger partial charge in [0.15, 0.2) is 0 Å². The van der Waals surface area contributed by atoms with Crippen LogP contribution in [0.25, 0.3) is 0 Å². The molecule has 4 heteroatoms. The molecule has 1 atom stereocenters. The molecule has 1 unspecified atom stereocenters. The molecule has 1 aromatic carbocycles. The van der Waals surface area contributed by atoms with E-state index in [2.05, 4.69) is 0 Å². The zero-order valence-corrected chi connectivity index (χ0v) is 10.2. The van der Waals surface area contributed by atoms with Crippen LogP contribution in [0.15, 0.2) is 18.2 Å². The van der Waals surface area contributed by atoms with E-state index in [1.165, 1.54) is 0 Å². The van der Waals surface area contributed by atoms with Crippen molar-refractivity contribution >= 4 is 11.6 Å². The highest BCUT2D eigenvalue weighted by atomic mass is 35.5. The van der Waals surface area contributed by atoms with Gasteiger partial charge in [-0.3, -0.25) is 0 Å². The summed E-state index contributed by atoms with van der Waals surface area (Å²) >= 11 is 5.92. The highest BCUT2D eigenvalue weighted by Crippen LogP contribution is 2.24. The third-order valence-electron chi connectivity index (χ3n) is 2.34. The lowest BCUT2D eigenvalue weighted by Crippen LogP contribution is -2.20. The molecule has 0 aliphatic carbocycles. The molecule has 3 nitrogen and oxygen atoms in total. The van der Waals surface area contributed by atoms with Crippen molar-refractivity contribution in [2.45, 2.75) is 25.9 Å². The Bertz CT molecular complexity index is 331. The van der Waals surface area contributed by atoms with Gasteiger partial charge in [0.05, 0.1) is 12.7 Å². The Morgan fingerprint density at radius 2 is 2.25 bits per heavy atom. The molecule has 0 heterocycles. The summed E-state index contributed by atoms with van der Waals surface area (Å²) in [5.74, 6) is 0.830. The van der Waals surface area contributed by atoms with Crippen LogP contribution in [0, 0.1) is 0 Å². The first-order chi connectivity index (χ1) is 7.67. The van der Waals surface area contributed by atoms with Crippen molar-refractivity contribution in [1.82, 2.24) is 0 Å². The molecule has 1 aromatic rings. The molecule has 0 fully saturated rings. The Morgan fingerprint density at radius 1 is 1.50 bits per heavy atom. The molecule has 16 heavy (non-hydrogen) atoms. The lowest BCUT2D eigenvalue weighted by atomic mass is 10.1. The summed E-state index contributed by atoms with van der Waals surface area (Å²) in [5, 5.41) is 10.1. The molecule has 0 bridgehead atoms. The molecule has 0 aliphatic heterocycles.